The zero-order valence-electron chi connectivity index (χ0n) is 19.2. The van der Waals surface area contributed by atoms with Crippen LogP contribution in [0.25, 0.3) is 10.4 Å². The number of anilines is 1. The predicted molar refractivity (Wildman–Crippen MR) is 131 cm³/mol. The van der Waals surface area contributed by atoms with Gasteiger partial charge in [-0.15, -0.1) is 11.3 Å². The lowest BCUT2D eigenvalue weighted by molar-refractivity contribution is -0.123. The van der Waals surface area contributed by atoms with Crippen LogP contribution in [0.4, 0.5) is 5.69 Å². The van der Waals surface area contributed by atoms with Gasteiger partial charge in [0.05, 0.1) is 12.2 Å². The third kappa shape index (κ3) is 4.34. The highest BCUT2D eigenvalue weighted by Crippen LogP contribution is 2.45. The van der Waals surface area contributed by atoms with Crippen molar-refractivity contribution in [1.82, 2.24) is 4.98 Å². The van der Waals surface area contributed by atoms with Crippen LogP contribution in [0.1, 0.15) is 32.4 Å². The van der Waals surface area contributed by atoms with Gasteiger partial charge >= 0.3 is 0 Å². The molecule has 0 aliphatic carbocycles. The molecule has 7 nitrogen and oxygen atoms in total. The lowest BCUT2D eigenvalue weighted by atomic mass is 9.82. The van der Waals surface area contributed by atoms with Gasteiger partial charge < -0.3 is 14.9 Å². The smallest absolute Gasteiger partial charge is 0.294 e. The van der Waals surface area contributed by atoms with E-state index in [4.69, 9.17) is 4.74 Å². The Labute approximate surface area is 202 Å². The number of carbonyl (C=O) groups is 2. The first kappa shape index (κ1) is 23.7. The first-order valence-corrected chi connectivity index (χ1v) is 11.8. The van der Waals surface area contributed by atoms with Gasteiger partial charge in [-0.1, -0.05) is 39.0 Å². The van der Waals surface area contributed by atoms with Crippen LogP contribution in [0.5, 0.6) is 5.88 Å². The summed E-state index contributed by atoms with van der Waals surface area (Å²) >= 11 is 1.61. The van der Waals surface area contributed by atoms with Crippen molar-refractivity contribution in [3.8, 4) is 16.3 Å². The van der Waals surface area contributed by atoms with E-state index in [0.29, 0.717) is 11.3 Å². The van der Waals surface area contributed by atoms with E-state index in [-0.39, 0.29) is 30.5 Å². The normalized spacial score (nSPS) is 16.3. The fourth-order valence-corrected chi connectivity index (χ4v) is 4.64. The quantitative estimate of drug-likeness (QED) is 0.511. The van der Waals surface area contributed by atoms with Crippen molar-refractivity contribution in [3.05, 3.63) is 77.0 Å². The van der Waals surface area contributed by atoms with Gasteiger partial charge in [-0.25, -0.2) is 4.98 Å². The van der Waals surface area contributed by atoms with Crippen molar-refractivity contribution in [2.45, 2.75) is 26.8 Å². The minimum atomic E-state index is -0.936. The topological polar surface area (TPSA) is 100.0 Å². The number of ketones is 1. The van der Waals surface area contributed by atoms with Crippen molar-refractivity contribution in [3.63, 3.8) is 0 Å². The third-order valence-electron chi connectivity index (χ3n) is 5.51. The molecule has 1 aliphatic heterocycles. The van der Waals surface area contributed by atoms with Crippen LogP contribution in [0, 0.1) is 5.41 Å². The third-order valence-corrected chi connectivity index (χ3v) is 6.43. The van der Waals surface area contributed by atoms with Gasteiger partial charge in [-0.05, 0) is 41.3 Å². The second-order valence-corrected chi connectivity index (χ2v) is 9.86. The monoisotopic (exact) mass is 478 g/mol. The summed E-state index contributed by atoms with van der Waals surface area (Å²) in [6, 6.07) is 13.8. The number of thiophene rings is 1. The number of carbonyl (C=O) groups excluding carboxylic acids is 2. The molecule has 1 unspecified atom stereocenters. The highest BCUT2D eigenvalue weighted by molar-refractivity contribution is 7.13. The predicted octanol–water partition coefficient (Wildman–Crippen LogP) is 4.70. The standard InChI is InChI=1S/C26H26N2O5S/c1-26(2,3)23(31)20-21(18-6-4-12-27-24(18)33-14-13-29)28(25(32)22(20)30)17-10-8-16(9-11-17)19-7-5-15-34-19/h4-12,15,21,29-30H,13-14H2,1-3H3. The number of nitrogens with zero attached hydrogens (tertiary/aromatic N) is 2. The van der Waals surface area contributed by atoms with E-state index < -0.39 is 23.1 Å². The molecule has 3 aromatic rings. The lowest BCUT2D eigenvalue weighted by Gasteiger charge is -2.29. The molecule has 1 atom stereocenters. The summed E-state index contributed by atoms with van der Waals surface area (Å²) in [5.74, 6) is -1.41. The first-order valence-electron chi connectivity index (χ1n) is 10.9. The summed E-state index contributed by atoms with van der Waals surface area (Å²) in [5, 5.41) is 22.1. The maximum absolute atomic E-state index is 13.4. The molecule has 0 saturated carbocycles. The van der Waals surface area contributed by atoms with E-state index in [1.165, 1.54) is 11.1 Å². The molecule has 176 valence electrons. The number of hydrogen-bond donors (Lipinski definition) is 2. The lowest BCUT2D eigenvalue weighted by Crippen LogP contribution is -2.33. The SMILES string of the molecule is CC(C)(C)C(=O)C1=C(O)C(=O)N(c2ccc(-c3cccs3)cc2)C1c1cccnc1OCCO. The molecule has 0 fully saturated rings. The van der Waals surface area contributed by atoms with Crippen LogP contribution in [0.15, 0.2) is 71.4 Å². The molecular formula is C26H26N2O5S. The van der Waals surface area contributed by atoms with Gasteiger partial charge in [0.2, 0.25) is 5.88 Å². The largest absolute Gasteiger partial charge is 0.503 e. The van der Waals surface area contributed by atoms with Gasteiger partial charge in [0.15, 0.2) is 11.5 Å². The fourth-order valence-electron chi connectivity index (χ4n) is 3.91. The number of aromatic nitrogens is 1. The molecule has 3 heterocycles. The van der Waals surface area contributed by atoms with Crippen LogP contribution in [-0.2, 0) is 9.59 Å². The summed E-state index contributed by atoms with van der Waals surface area (Å²) in [6.45, 7) is 4.99. The summed E-state index contributed by atoms with van der Waals surface area (Å²) in [4.78, 5) is 33.5. The number of Topliss-reactive ketones (excluding diaryl/α,β-unsaturated/α-hetero) is 1. The Balaban J connectivity index is 1.84. The number of hydrogen-bond acceptors (Lipinski definition) is 7. The van der Waals surface area contributed by atoms with E-state index in [2.05, 4.69) is 4.98 Å². The molecular weight excluding hydrogens is 452 g/mol. The number of pyridine rings is 1. The highest BCUT2D eigenvalue weighted by atomic mass is 32.1. The van der Waals surface area contributed by atoms with Crippen LogP contribution < -0.4 is 9.64 Å². The Morgan fingerprint density at radius 1 is 1.15 bits per heavy atom. The summed E-state index contributed by atoms with van der Waals surface area (Å²) in [6.07, 6.45) is 1.53. The van der Waals surface area contributed by atoms with Crippen LogP contribution in [0.2, 0.25) is 0 Å². The number of rotatable bonds is 7. The number of aliphatic hydroxyl groups is 2. The number of benzene rings is 1. The molecule has 1 amide bonds. The Hall–Kier alpha value is -3.49. The van der Waals surface area contributed by atoms with Crippen molar-refractivity contribution < 1.29 is 24.5 Å². The van der Waals surface area contributed by atoms with Gasteiger partial charge in [-0.2, -0.15) is 0 Å². The molecule has 0 saturated heterocycles. The minimum absolute atomic E-state index is 0.00155. The number of ether oxygens (including phenoxy) is 1. The summed E-state index contributed by atoms with van der Waals surface area (Å²) in [5.41, 5.74) is 1.13. The Kier molecular flexibility index (Phi) is 6.54. The average molecular weight is 479 g/mol. The zero-order chi connectivity index (χ0) is 24.5. The van der Waals surface area contributed by atoms with Crippen molar-refractivity contribution in [2.75, 3.05) is 18.1 Å². The number of aliphatic hydroxyl groups excluding tert-OH is 2. The maximum Gasteiger partial charge on any atom is 0.294 e. The minimum Gasteiger partial charge on any atom is -0.503 e. The molecule has 34 heavy (non-hydrogen) atoms. The van der Waals surface area contributed by atoms with E-state index in [9.17, 15) is 19.8 Å². The summed E-state index contributed by atoms with van der Waals surface area (Å²) < 4.78 is 5.62. The van der Waals surface area contributed by atoms with E-state index >= 15 is 0 Å². The second-order valence-electron chi connectivity index (χ2n) is 8.91. The Morgan fingerprint density at radius 3 is 2.50 bits per heavy atom. The Bertz CT molecular complexity index is 1230. The summed E-state index contributed by atoms with van der Waals surface area (Å²) in [7, 11) is 0. The molecule has 0 radical (unpaired) electrons. The van der Waals surface area contributed by atoms with Gasteiger partial charge in [0.1, 0.15) is 12.6 Å². The molecule has 0 bridgehead atoms. The molecule has 2 aromatic heterocycles. The molecule has 2 N–H and O–H groups in total. The second kappa shape index (κ2) is 9.40. The van der Waals surface area contributed by atoms with Gasteiger partial charge in [0.25, 0.3) is 5.91 Å². The van der Waals surface area contributed by atoms with E-state index in [1.54, 1.807) is 56.4 Å². The maximum atomic E-state index is 13.4. The number of amides is 1. The average Bonchev–Trinajstić information content (AvgIpc) is 3.44. The molecule has 8 heteroatoms. The fraction of sp³-hybridized carbons (Fsp3) is 0.269. The van der Waals surface area contributed by atoms with Crippen molar-refractivity contribution in [2.24, 2.45) is 5.41 Å². The van der Waals surface area contributed by atoms with Crippen LogP contribution >= 0.6 is 11.3 Å². The van der Waals surface area contributed by atoms with Crippen LogP contribution in [0.3, 0.4) is 0 Å². The highest BCUT2D eigenvalue weighted by Gasteiger charge is 2.47. The van der Waals surface area contributed by atoms with Crippen LogP contribution in [-0.4, -0.2) is 40.1 Å². The molecule has 1 aliphatic rings. The zero-order valence-corrected chi connectivity index (χ0v) is 20.0. The van der Waals surface area contributed by atoms with E-state index in [0.717, 1.165) is 10.4 Å². The molecule has 1 aromatic carbocycles. The Morgan fingerprint density at radius 2 is 1.88 bits per heavy atom. The van der Waals surface area contributed by atoms with Crippen molar-refractivity contribution >= 4 is 28.7 Å². The molecule has 4 rings (SSSR count). The molecule has 0 spiro atoms. The van der Waals surface area contributed by atoms with Gasteiger partial charge in [-0.3, -0.25) is 14.5 Å². The van der Waals surface area contributed by atoms with E-state index in [1.807, 2.05) is 29.6 Å². The first-order chi connectivity index (χ1) is 16.2. The van der Waals surface area contributed by atoms with Gasteiger partial charge in [0, 0.05) is 27.7 Å². The van der Waals surface area contributed by atoms with Crippen molar-refractivity contribution in [1.29, 1.82) is 0 Å².